The second-order valence-electron chi connectivity index (χ2n) is 5.34. The highest BCUT2D eigenvalue weighted by Crippen LogP contribution is 2.24. The minimum Gasteiger partial charge on any atom is -0.338 e. The van der Waals surface area contributed by atoms with E-state index in [1.807, 2.05) is 11.8 Å². The molecule has 0 aromatic carbocycles. The Bertz CT molecular complexity index is 227. The Morgan fingerprint density at radius 3 is 2.29 bits per heavy atom. The Hall–Kier alpha value is -0.280. The molecule has 0 aromatic rings. The van der Waals surface area contributed by atoms with Crippen molar-refractivity contribution in [2.75, 3.05) is 6.54 Å². The third kappa shape index (κ3) is 4.84. The number of nitrogens with two attached hydrogens (primary N) is 1. The standard InChI is InChI=1S/C13H26N2O.ClH/c1-4-12(14)13(16)15(9-10(2)3)11-7-5-6-8-11;/h10-12H,4-9,14H2,1-3H3;1H/t12-;/m0./s1. The maximum absolute atomic E-state index is 12.2. The van der Waals surface area contributed by atoms with E-state index in [4.69, 9.17) is 5.73 Å². The van der Waals surface area contributed by atoms with Crippen molar-refractivity contribution < 1.29 is 4.79 Å². The molecular weight excluding hydrogens is 236 g/mol. The SMILES string of the molecule is CC[C@H](N)C(=O)N(CC(C)C)C1CCCC1.Cl. The van der Waals surface area contributed by atoms with Crippen LogP contribution in [0, 0.1) is 5.92 Å². The number of hydrogen-bond acceptors (Lipinski definition) is 2. The lowest BCUT2D eigenvalue weighted by molar-refractivity contribution is -0.135. The van der Waals surface area contributed by atoms with Gasteiger partial charge in [0.05, 0.1) is 6.04 Å². The van der Waals surface area contributed by atoms with E-state index in [1.165, 1.54) is 12.8 Å². The van der Waals surface area contributed by atoms with Gasteiger partial charge in [0.1, 0.15) is 0 Å². The number of rotatable bonds is 5. The lowest BCUT2D eigenvalue weighted by atomic mass is 10.1. The van der Waals surface area contributed by atoms with Crippen LogP contribution in [0.4, 0.5) is 0 Å². The van der Waals surface area contributed by atoms with Crippen molar-refractivity contribution in [1.82, 2.24) is 4.90 Å². The number of hydrogen-bond donors (Lipinski definition) is 1. The van der Waals surface area contributed by atoms with Gasteiger partial charge in [0.2, 0.25) is 5.91 Å². The molecule has 0 aromatic heterocycles. The van der Waals surface area contributed by atoms with Gasteiger partial charge in [-0.05, 0) is 25.2 Å². The van der Waals surface area contributed by atoms with Gasteiger partial charge in [-0.25, -0.2) is 0 Å². The molecule has 1 atom stereocenters. The van der Waals surface area contributed by atoms with Gasteiger partial charge in [-0.1, -0.05) is 33.6 Å². The number of nitrogens with zero attached hydrogens (tertiary/aromatic N) is 1. The number of carbonyl (C=O) groups is 1. The van der Waals surface area contributed by atoms with Gasteiger partial charge in [-0.2, -0.15) is 0 Å². The van der Waals surface area contributed by atoms with Crippen molar-refractivity contribution >= 4 is 18.3 Å². The van der Waals surface area contributed by atoms with Crippen molar-refractivity contribution in [2.45, 2.75) is 65.0 Å². The third-order valence-electron chi connectivity index (χ3n) is 3.37. The zero-order valence-corrected chi connectivity index (χ0v) is 12.1. The molecular formula is C13H27ClN2O. The molecule has 1 aliphatic rings. The molecule has 0 bridgehead atoms. The van der Waals surface area contributed by atoms with Gasteiger partial charge in [-0.15, -0.1) is 12.4 Å². The summed E-state index contributed by atoms with van der Waals surface area (Å²) in [6.45, 7) is 7.15. The van der Waals surface area contributed by atoms with Crippen LogP contribution >= 0.6 is 12.4 Å². The summed E-state index contributed by atoms with van der Waals surface area (Å²) in [5.41, 5.74) is 5.87. The van der Waals surface area contributed by atoms with Gasteiger partial charge >= 0.3 is 0 Å². The van der Waals surface area contributed by atoms with Gasteiger partial charge in [0.25, 0.3) is 0 Å². The summed E-state index contributed by atoms with van der Waals surface area (Å²) in [6.07, 6.45) is 5.58. The lowest BCUT2D eigenvalue weighted by Crippen LogP contribution is -2.49. The number of amides is 1. The van der Waals surface area contributed by atoms with Crippen molar-refractivity contribution in [1.29, 1.82) is 0 Å². The monoisotopic (exact) mass is 262 g/mol. The number of halogens is 1. The van der Waals surface area contributed by atoms with E-state index >= 15 is 0 Å². The summed E-state index contributed by atoms with van der Waals surface area (Å²) in [4.78, 5) is 14.2. The molecule has 0 spiro atoms. The van der Waals surface area contributed by atoms with Crippen LogP contribution in [0.1, 0.15) is 52.9 Å². The molecule has 2 N–H and O–H groups in total. The quantitative estimate of drug-likeness (QED) is 0.828. The van der Waals surface area contributed by atoms with Crippen molar-refractivity contribution in [3.05, 3.63) is 0 Å². The molecule has 1 aliphatic carbocycles. The zero-order valence-electron chi connectivity index (χ0n) is 11.3. The number of carbonyl (C=O) groups excluding carboxylic acids is 1. The fraction of sp³-hybridized carbons (Fsp3) is 0.923. The topological polar surface area (TPSA) is 46.3 Å². The van der Waals surface area contributed by atoms with Crippen LogP contribution in [0.2, 0.25) is 0 Å². The van der Waals surface area contributed by atoms with Crippen molar-refractivity contribution in [3.8, 4) is 0 Å². The maximum atomic E-state index is 12.2. The Kier molecular flexibility index (Phi) is 7.80. The van der Waals surface area contributed by atoms with E-state index in [0.29, 0.717) is 12.0 Å². The molecule has 4 heteroatoms. The first-order valence-corrected chi connectivity index (χ1v) is 6.62. The first kappa shape index (κ1) is 16.7. The normalized spacial score (nSPS) is 17.9. The van der Waals surface area contributed by atoms with E-state index < -0.39 is 0 Å². The fourth-order valence-corrected chi connectivity index (χ4v) is 2.42. The van der Waals surface area contributed by atoms with E-state index in [0.717, 1.165) is 25.8 Å². The van der Waals surface area contributed by atoms with E-state index in [-0.39, 0.29) is 24.4 Å². The molecule has 0 radical (unpaired) electrons. The van der Waals surface area contributed by atoms with Crippen LogP contribution in [0.25, 0.3) is 0 Å². The van der Waals surface area contributed by atoms with Crippen LogP contribution in [0.5, 0.6) is 0 Å². The van der Waals surface area contributed by atoms with Gasteiger partial charge in [0, 0.05) is 12.6 Å². The third-order valence-corrected chi connectivity index (χ3v) is 3.37. The summed E-state index contributed by atoms with van der Waals surface area (Å²) in [5, 5.41) is 0. The van der Waals surface area contributed by atoms with Gasteiger partial charge < -0.3 is 10.6 Å². The van der Waals surface area contributed by atoms with E-state index in [1.54, 1.807) is 0 Å². The van der Waals surface area contributed by atoms with Crippen LogP contribution in [-0.2, 0) is 4.79 Å². The van der Waals surface area contributed by atoms with Crippen molar-refractivity contribution in [2.24, 2.45) is 11.7 Å². The molecule has 0 aliphatic heterocycles. The highest BCUT2D eigenvalue weighted by Gasteiger charge is 2.29. The second-order valence-corrected chi connectivity index (χ2v) is 5.34. The second kappa shape index (κ2) is 7.93. The van der Waals surface area contributed by atoms with Gasteiger partial charge in [-0.3, -0.25) is 4.79 Å². The average molecular weight is 263 g/mol. The molecule has 0 saturated heterocycles. The predicted molar refractivity (Wildman–Crippen MR) is 74.3 cm³/mol. The summed E-state index contributed by atoms with van der Waals surface area (Å²) >= 11 is 0. The minimum atomic E-state index is -0.306. The van der Waals surface area contributed by atoms with Crippen molar-refractivity contribution in [3.63, 3.8) is 0 Å². The summed E-state index contributed by atoms with van der Waals surface area (Å²) in [5.74, 6) is 0.678. The molecule has 1 fully saturated rings. The first-order chi connectivity index (χ1) is 7.56. The lowest BCUT2D eigenvalue weighted by Gasteiger charge is -2.32. The molecule has 1 saturated carbocycles. The van der Waals surface area contributed by atoms with E-state index in [9.17, 15) is 4.79 Å². The Morgan fingerprint density at radius 1 is 1.35 bits per heavy atom. The molecule has 0 heterocycles. The summed E-state index contributed by atoms with van der Waals surface area (Å²) in [7, 11) is 0. The minimum absolute atomic E-state index is 0. The molecule has 102 valence electrons. The molecule has 17 heavy (non-hydrogen) atoms. The summed E-state index contributed by atoms with van der Waals surface area (Å²) < 4.78 is 0. The predicted octanol–water partition coefficient (Wildman–Crippen LogP) is 2.57. The maximum Gasteiger partial charge on any atom is 0.239 e. The highest BCUT2D eigenvalue weighted by molar-refractivity contribution is 5.85. The Balaban J connectivity index is 0.00000256. The Morgan fingerprint density at radius 2 is 1.88 bits per heavy atom. The van der Waals surface area contributed by atoms with Crippen LogP contribution in [-0.4, -0.2) is 29.4 Å². The van der Waals surface area contributed by atoms with E-state index in [2.05, 4.69) is 13.8 Å². The van der Waals surface area contributed by atoms with Crippen LogP contribution in [0.3, 0.4) is 0 Å². The Labute approximate surface area is 112 Å². The van der Waals surface area contributed by atoms with Crippen LogP contribution < -0.4 is 5.73 Å². The van der Waals surface area contributed by atoms with Gasteiger partial charge in [0.15, 0.2) is 0 Å². The fourth-order valence-electron chi connectivity index (χ4n) is 2.42. The molecule has 1 rings (SSSR count). The molecule has 1 amide bonds. The molecule has 3 nitrogen and oxygen atoms in total. The highest BCUT2D eigenvalue weighted by atomic mass is 35.5. The largest absolute Gasteiger partial charge is 0.338 e. The zero-order chi connectivity index (χ0) is 12.1. The smallest absolute Gasteiger partial charge is 0.239 e. The van der Waals surface area contributed by atoms with Crippen LogP contribution in [0.15, 0.2) is 0 Å². The average Bonchev–Trinajstić information content (AvgIpc) is 2.76. The first-order valence-electron chi connectivity index (χ1n) is 6.62. The molecule has 0 unspecified atom stereocenters. The summed E-state index contributed by atoms with van der Waals surface area (Å²) in [6, 6.07) is 0.145.